The van der Waals surface area contributed by atoms with Crippen LogP contribution in [0.5, 0.6) is 0 Å². The van der Waals surface area contributed by atoms with E-state index in [-0.39, 0.29) is 33.2 Å². The van der Waals surface area contributed by atoms with Gasteiger partial charge in [0.25, 0.3) is 0 Å². The van der Waals surface area contributed by atoms with E-state index in [0.29, 0.717) is 6.42 Å². The average Bonchev–Trinajstić information content (AvgIpc) is 2.74. The molecule has 5 nitrogen and oxygen atoms in total. The van der Waals surface area contributed by atoms with Crippen LogP contribution in [0.25, 0.3) is 0 Å². The van der Waals surface area contributed by atoms with E-state index in [0.717, 1.165) is 12.8 Å². The van der Waals surface area contributed by atoms with E-state index < -0.39 is 11.4 Å². The second-order valence-corrected chi connectivity index (χ2v) is 6.30. The zero-order valence-electron chi connectivity index (χ0n) is 11.5. The molecule has 7 heteroatoms. The fourth-order valence-corrected chi connectivity index (χ4v) is 3.13. The molecule has 0 radical (unpaired) electrons. The Labute approximate surface area is 132 Å². The highest BCUT2D eigenvalue weighted by molar-refractivity contribution is 6.40. The number of carbonyl (C=O) groups excluding carboxylic acids is 1. The van der Waals surface area contributed by atoms with E-state index >= 15 is 0 Å². The normalized spacial score (nSPS) is 24.9. The van der Waals surface area contributed by atoms with Gasteiger partial charge >= 0.3 is 5.97 Å². The number of carbonyl (C=O) groups is 2. The molecule has 114 valence electrons. The van der Waals surface area contributed by atoms with Gasteiger partial charge in [-0.15, -0.1) is 0 Å². The first-order valence-electron chi connectivity index (χ1n) is 6.55. The summed E-state index contributed by atoms with van der Waals surface area (Å²) in [4.78, 5) is 23.4. The highest BCUT2D eigenvalue weighted by atomic mass is 35.5. The number of benzene rings is 1. The Morgan fingerprint density at radius 1 is 1.38 bits per heavy atom. The van der Waals surface area contributed by atoms with Gasteiger partial charge in [0.1, 0.15) is 0 Å². The van der Waals surface area contributed by atoms with Crippen LogP contribution < -0.4 is 11.1 Å². The minimum atomic E-state index is -1.14. The summed E-state index contributed by atoms with van der Waals surface area (Å²) in [7, 11) is 0. The molecule has 21 heavy (non-hydrogen) atoms. The van der Waals surface area contributed by atoms with Crippen molar-refractivity contribution >= 4 is 40.8 Å². The fourth-order valence-electron chi connectivity index (χ4n) is 2.55. The van der Waals surface area contributed by atoms with Crippen LogP contribution in [0.1, 0.15) is 36.5 Å². The van der Waals surface area contributed by atoms with Crippen LogP contribution in [0.3, 0.4) is 0 Å². The van der Waals surface area contributed by atoms with Gasteiger partial charge in [0.05, 0.1) is 26.7 Å². The van der Waals surface area contributed by atoms with Gasteiger partial charge in [-0.1, -0.05) is 29.6 Å². The number of nitrogens with two attached hydrogens (primary N) is 1. The number of hydrogen-bond acceptors (Lipinski definition) is 3. The molecular weight excluding hydrogens is 315 g/mol. The number of hydrogen-bond donors (Lipinski definition) is 3. The number of rotatable bonds is 3. The van der Waals surface area contributed by atoms with E-state index in [1.54, 1.807) is 0 Å². The average molecular weight is 331 g/mol. The van der Waals surface area contributed by atoms with Crippen LogP contribution in [0, 0.1) is 5.41 Å². The molecule has 0 bridgehead atoms. The summed E-state index contributed by atoms with van der Waals surface area (Å²) >= 11 is 12.0. The van der Waals surface area contributed by atoms with Crippen molar-refractivity contribution in [1.29, 1.82) is 0 Å². The third-order valence-electron chi connectivity index (χ3n) is 4.08. The minimum Gasteiger partial charge on any atom is -0.478 e. The number of amides is 1. The lowest BCUT2D eigenvalue weighted by molar-refractivity contribution is -0.125. The number of halogens is 2. The zero-order valence-corrected chi connectivity index (χ0v) is 13.0. The van der Waals surface area contributed by atoms with Crippen molar-refractivity contribution in [3.05, 3.63) is 27.7 Å². The highest BCUT2D eigenvalue weighted by Crippen LogP contribution is 2.39. The standard InChI is InChI=1S/C14H16Cl2N2O3/c1-14(4-2-3-10(14)17)13(21)18-11-8(15)5-7(12(19)20)6-9(11)16/h5-6,10H,2-4,17H2,1H3,(H,18,21)(H,19,20). The predicted molar refractivity (Wildman–Crippen MR) is 82.0 cm³/mol. The molecule has 0 aromatic heterocycles. The van der Waals surface area contributed by atoms with E-state index in [1.807, 2.05) is 6.92 Å². The molecule has 2 unspecified atom stereocenters. The molecule has 0 spiro atoms. The molecule has 1 saturated carbocycles. The lowest BCUT2D eigenvalue weighted by Crippen LogP contribution is -2.44. The molecule has 0 aliphatic heterocycles. The molecule has 1 amide bonds. The highest BCUT2D eigenvalue weighted by Gasteiger charge is 2.43. The van der Waals surface area contributed by atoms with Crippen molar-refractivity contribution in [3.63, 3.8) is 0 Å². The minimum absolute atomic E-state index is 0.0354. The van der Waals surface area contributed by atoms with Gasteiger partial charge in [0.2, 0.25) is 5.91 Å². The Kier molecular flexibility index (Phi) is 4.46. The van der Waals surface area contributed by atoms with Crippen molar-refractivity contribution in [3.8, 4) is 0 Å². The molecule has 2 atom stereocenters. The van der Waals surface area contributed by atoms with Crippen molar-refractivity contribution in [2.75, 3.05) is 5.32 Å². The van der Waals surface area contributed by atoms with Gasteiger partial charge in [0.15, 0.2) is 0 Å². The van der Waals surface area contributed by atoms with Crippen molar-refractivity contribution in [2.24, 2.45) is 11.1 Å². The van der Waals surface area contributed by atoms with Gasteiger partial charge < -0.3 is 16.2 Å². The van der Waals surface area contributed by atoms with Crippen molar-refractivity contribution < 1.29 is 14.7 Å². The van der Waals surface area contributed by atoms with Crippen LogP contribution >= 0.6 is 23.2 Å². The zero-order chi connectivity index (χ0) is 15.8. The quantitative estimate of drug-likeness (QED) is 0.793. The van der Waals surface area contributed by atoms with Crippen LogP contribution in [0.15, 0.2) is 12.1 Å². The maximum atomic E-state index is 12.4. The summed E-state index contributed by atoms with van der Waals surface area (Å²) in [6.45, 7) is 1.81. The lowest BCUT2D eigenvalue weighted by Gasteiger charge is -2.28. The van der Waals surface area contributed by atoms with Gasteiger partial charge in [-0.2, -0.15) is 0 Å². The van der Waals surface area contributed by atoms with Crippen LogP contribution in [-0.2, 0) is 4.79 Å². The topological polar surface area (TPSA) is 92.4 Å². The smallest absolute Gasteiger partial charge is 0.335 e. The maximum Gasteiger partial charge on any atom is 0.335 e. The summed E-state index contributed by atoms with van der Waals surface area (Å²) in [5.74, 6) is -1.39. The Hall–Kier alpha value is -1.30. The predicted octanol–water partition coefficient (Wildman–Crippen LogP) is 3.15. The van der Waals surface area contributed by atoms with Crippen LogP contribution in [0.2, 0.25) is 10.0 Å². The summed E-state index contributed by atoms with van der Waals surface area (Å²) in [6.07, 6.45) is 2.39. The molecular formula is C14H16Cl2N2O3. The Morgan fingerprint density at radius 2 is 1.95 bits per heavy atom. The maximum absolute atomic E-state index is 12.4. The molecule has 0 heterocycles. The number of anilines is 1. The fraction of sp³-hybridized carbons (Fsp3) is 0.429. The molecule has 1 aliphatic carbocycles. The summed E-state index contributed by atoms with van der Waals surface area (Å²) in [5, 5.41) is 11.8. The van der Waals surface area contributed by atoms with Gasteiger partial charge in [-0.3, -0.25) is 4.79 Å². The third kappa shape index (κ3) is 3.00. The first kappa shape index (κ1) is 16.1. The van der Waals surface area contributed by atoms with Gasteiger partial charge in [0, 0.05) is 6.04 Å². The Bertz CT molecular complexity index is 583. The molecule has 1 aliphatic rings. The van der Waals surface area contributed by atoms with Gasteiger partial charge in [-0.05, 0) is 31.9 Å². The summed E-state index contributed by atoms with van der Waals surface area (Å²) in [5.41, 5.74) is 5.52. The monoisotopic (exact) mass is 330 g/mol. The number of nitrogens with one attached hydrogen (secondary N) is 1. The van der Waals surface area contributed by atoms with E-state index in [9.17, 15) is 9.59 Å². The second kappa shape index (κ2) is 5.83. The molecule has 1 aromatic rings. The molecule has 1 aromatic carbocycles. The van der Waals surface area contributed by atoms with Crippen LogP contribution in [-0.4, -0.2) is 23.0 Å². The van der Waals surface area contributed by atoms with E-state index in [4.69, 9.17) is 34.0 Å². The van der Waals surface area contributed by atoms with Crippen molar-refractivity contribution in [2.45, 2.75) is 32.2 Å². The first-order chi connectivity index (χ1) is 9.75. The summed E-state index contributed by atoms with van der Waals surface area (Å²) < 4.78 is 0. The number of aromatic carboxylic acids is 1. The Balaban J connectivity index is 2.28. The van der Waals surface area contributed by atoms with Crippen LogP contribution in [0.4, 0.5) is 5.69 Å². The molecule has 1 fully saturated rings. The van der Waals surface area contributed by atoms with E-state index in [2.05, 4.69) is 5.32 Å². The Morgan fingerprint density at radius 3 is 2.38 bits per heavy atom. The summed E-state index contributed by atoms with van der Waals surface area (Å²) in [6, 6.07) is 2.29. The second-order valence-electron chi connectivity index (χ2n) is 5.49. The van der Waals surface area contributed by atoms with E-state index in [1.165, 1.54) is 12.1 Å². The number of carboxylic acids is 1. The molecule has 0 saturated heterocycles. The third-order valence-corrected chi connectivity index (χ3v) is 4.67. The first-order valence-corrected chi connectivity index (χ1v) is 7.30. The largest absolute Gasteiger partial charge is 0.478 e. The SMILES string of the molecule is CC1(C(=O)Nc2c(Cl)cc(C(=O)O)cc2Cl)CCCC1N. The van der Waals surface area contributed by atoms with Gasteiger partial charge in [-0.25, -0.2) is 4.79 Å². The lowest BCUT2D eigenvalue weighted by atomic mass is 9.84. The molecule has 2 rings (SSSR count). The number of carboxylic acid groups (broad SMARTS) is 1. The molecule has 4 N–H and O–H groups in total. The van der Waals surface area contributed by atoms with Crippen molar-refractivity contribution in [1.82, 2.24) is 0 Å².